The fourth-order valence-electron chi connectivity index (χ4n) is 5.02. The van der Waals surface area contributed by atoms with Gasteiger partial charge in [-0.15, -0.1) is 0 Å². The van der Waals surface area contributed by atoms with Gasteiger partial charge in [-0.05, 0) is 63.1 Å². The topological polar surface area (TPSA) is 39.9 Å². The first kappa shape index (κ1) is 22.5. The Bertz CT molecular complexity index is 1140. The maximum Gasteiger partial charge on any atom is 0.241 e. The Hall–Kier alpha value is -2.34. The Kier molecular flexibility index (Phi) is 6.46. The standard InChI is InChI=1S/C27H32ClN3O2/c1-19(2)30-12-3-4-25-24(17-30)23-10-9-22(16-26(23)33-25)31-15-14-29(18-27(31)32)13-11-20-5-7-21(28)8-6-20/h5-10,16,19H,3-4,11-15,17-18H2,1-2H3. The molecule has 1 aromatic heterocycles. The molecule has 6 heteroatoms. The molecule has 5 nitrogen and oxygen atoms in total. The van der Waals surface area contributed by atoms with Crippen LogP contribution in [0, 0.1) is 0 Å². The summed E-state index contributed by atoms with van der Waals surface area (Å²) < 4.78 is 6.30. The summed E-state index contributed by atoms with van der Waals surface area (Å²) in [4.78, 5) is 19.6. The second kappa shape index (κ2) is 9.49. The molecule has 0 atom stereocenters. The number of benzene rings is 2. The number of carbonyl (C=O) groups excluding carboxylic acids is 1. The van der Waals surface area contributed by atoms with Crippen LogP contribution < -0.4 is 4.90 Å². The van der Waals surface area contributed by atoms with E-state index in [1.807, 2.05) is 17.0 Å². The molecule has 1 saturated heterocycles. The third kappa shape index (κ3) is 4.81. The second-order valence-electron chi connectivity index (χ2n) is 9.55. The number of aryl methyl sites for hydroxylation is 1. The van der Waals surface area contributed by atoms with Crippen LogP contribution in [0.2, 0.25) is 5.02 Å². The Balaban J connectivity index is 1.27. The molecule has 0 spiro atoms. The van der Waals surface area contributed by atoms with Crippen LogP contribution in [-0.4, -0.2) is 54.5 Å². The molecule has 0 aliphatic carbocycles. The summed E-state index contributed by atoms with van der Waals surface area (Å²) in [7, 11) is 0. The predicted molar refractivity (Wildman–Crippen MR) is 134 cm³/mol. The monoisotopic (exact) mass is 465 g/mol. The van der Waals surface area contributed by atoms with E-state index >= 15 is 0 Å². The number of nitrogens with zero attached hydrogens (tertiary/aromatic N) is 3. The van der Waals surface area contributed by atoms with Crippen molar-refractivity contribution in [1.29, 1.82) is 0 Å². The lowest BCUT2D eigenvalue weighted by molar-refractivity contribution is -0.121. The maximum atomic E-state index is 13.0. The molecule has 2 aromatic carbocycles. The molecule has 2 aliphatic heterocycles. The number of piperazine rings is 1. The van der Waals surface area contributed by atoms with Crippen LogP contribution in [0.15, 0.2) is 46.9 Å². The normalized spacial score (nSPS) is 18.2. The first-order valence-electron chi connectivity index (χ1n) is 12.0. The first-order valence-corrected chi connectivity index (χ1v) is 12.4. The van der Waals surface area contributed by atoms with E-state index in [9.17, 15) is 4.79 Å². The van der Waals surface area contributed by atoms with Gasteiger partial charge in [-0.3, -0.25) is 14.6 Å². The lowest BCUT2D eigenvalue weighted by Crippen LogP contribution is -2.50. The fraction of sp³-hybridized carbons (Fsp3) is 0.444. The molecular weight excluding hydrogens is 434 g/mol. The average Bonchev–Trinajstić information content (AvgIpc) is 2.99. The molecule has 0 saturated carbocycles. The summed E-state index contributed by atoms with van der Waals surface area (Å²) in [5.41, 5.74) is 4.41. The van der Waals surface area contributed by atoms with Gasteiger partial charge >= 0.3 is 0 Å². The molecule has 33 heavy (non-hydrogen) atoms. The summed E-state index contributed by atoms with van der Waals surface area (Å²) >= 11 is 5.98. The van der Waals surface area contributed by atoms with Gasteiger partial charge in [-0.2, -0.15) is 0 Å². The quantitative estimate of drug-likeness (QED) is 0.523. The van der Waals surface area contributed by atoms with Crippen molar-refractivity contribution in [2.75, 3.05) is 37.6 Å². The Labute approximate surface area is 200 Å². The number of amides is 1. The number of hydrogen-bond acceptors (Lipinski definition) is 4. The van der Waals surface area contributed by atoms with E-state index in [2.05, 4.69) is 54.0 Å². The summed E-state index contributed by atoms with van der Waals surface area (Å²) in [5.74, 6) is 1.26. The molecule has 5 rings (SSSR count). The van der Waals surface area contributed by atoms with E-state index < -0.39 is 0 Å². The smallest absolute Gasteiger partial charge is 0.241 e. The van der Waals surface area contributed by atoms with E-state index in [1.54, 1.807) is 0 Å². The highest BCUT2D eigenvalue weighted by Crippen LogP contribution is 2.33. The highest BCUT2D eigenvalue weighted by Gasteiger charge is 2.27. The van der Waals surface area contributed by atoms with E-state index in [4.69, 9.17) is 16.0 Å². The molecule has 0 unspecified atom stereocenters. The van der Waals surface area contributed by atoms with Gasteiger partial charge in [-0.25, -0.2) is 0 Å². The van der Waals surface area contributed by atoms with Gasteiger partial charge in [0.05, 0.1) is 6.54 Å². The van der Waals surface area contributed by atoms with Crippen LogP contribution in [0.4, 0.5) is 5.69 Å². The van der Waals surface area contributed by atoms with Crippen molar-refractivity contribution in [1.82, 2.24) is 9.80 Å². The minimum absolute atomic E-state index is 0.149. The number of fused-ring (bicyclic) bond motifs is 3. The van der Waals surface area contributed by atoms with Gasteiger partial charge in [0.1, 0.15) is 11.3 Å². The minimum atomic E-state index is 0.149. The van der Waals surface area contributed by atoms with Crippen molar-refractivity contribution >= 4 is 34.2 Å². The van der Waals surface area contributed by atoms with Crippen molar-refractivity contribution in [3.05, 3.63) is 64.4 Å². The minimum Gasteiger partial charge on any atom is -0.461 e. The van der Waals surface area contributed by atoms with Crippen molar-refractivity contribution < 1.29 is 9.21 Å². The Morgan fingerprint density at radius 1 is 1.03 bits per heavy atom. The number of halogens is 1. The van der Waals surface area contributed by atoms with Crippen molar-refractivity contribution in [2.24, 2.45) is 0 Å². The van der Waals surface area contributed by atoms with Crippen LogP contribution in [0.3, 0.4) is 0 Å². The van der Waals surface area contributed by atoms with Crippen LogP contribution >= 0.6 is 11.6 Å². The third-order valence-corrected chi connectivity index (χ3v) is 7.29. The average molecular weight is 466 g/mol. The molecule has 2 aliphatic rings. The molecule has 174 valence electrons. The molecular formula is C27H32ClN3O2. The van der Waals surface area contributed by atoms with Crippen molar-refractivity contribution in [2.45, 2.75) is 45.7 Å². The third-order valence-electron chi connectivity index (χ3n) is 7.04. The van der Waals surface area contributed by atoms with E-state index in [0.717, 1.165) is 67.5 Å². The number of hydrogen-bond donors (Lipinski definition) is 0. The maximum absolute atomic E-state index is 13.0. The summed E-state index contributed by atoms with van der Waals surface area (Å²) in [6.07, 6.45) is 3.02. The molecule has 3 aromatic rings. The van der Waals surface area contributed by atoms with E-state index in [-0.39, 0.29) is 5.91 Å². The van der Waals surface area contributed by atoms with Gasteiger partial charge in [-0.1, -0.05) is 23.7 Å². The Morgan fingerprint density at radius 2 is 1.85 bits per heavy atom. The molecule has 1 amide bonds. The number of carbonyl (C=O) groups is 1. The number of furan rings is 1. The fourth-order valence-corrected chi connectivity index (χ4v) is 5.15. The van der Waals surface area contributed by atoms with Crippen LogP contribution in [0.5, 0.6) is 0 Å². The zero-order valence-corrected chi connectivity index (χ0v) is 20.3. The predicted octanol–water partition coefficient (Wildman–Crippen LogP) is 5.13. The van der Waals surface area contributed by atoms with Crippen LogP contribution in [0.1, 0.15) is 37.2 Å². The Morgan fingerprint density at radius 3 is 2.61 bits per heavy atom. The molecule has 0 radical (unpaired) electrons. The zero-order valence-electron chi connectivity index (χ0n) is 19.5. The highest BCUT2D eigenvalue weighted by atomic mass is 35.5. The number of rotatable bonds is 5. The van der Waals surface area contributed by atoms with Gasteiger partial charge in [0.15, 0.2) is 0 Å². The molecule has 3 heterocycles. The molecule has 0 bridgehead atoms. The van der Waals surface area contributed by atoms with Crippen LogP contribution in [0.25, 0.3) is 11.0 Å². The lowest BCUT2D eigenvalue weighted by atomic mass is 10.1. The molecule has 1 fully saturated rings. The van der Waals surface area contributed by atoms with Crippen molar-refractivity contribution in [3.63, 3.8) is 0 Å². The summed E-state index contributed by atoms with van der Waals surface area (Å²) in [5, 5.41) is 1.94. The largest absolute Gasteiger partial charge is 0.461 e. The van der Waals surface area contributed by atoms with Crippen molar-refractivity contribution in [3.8, 4) is 0 Å². The van der Waals surface area contributed by atoms with E-state index in [0.29, 0.717) is 19.1 Å². The zero-order chi connectivity index (χ0) is 22.9. The van der Waals surface area contributed by atoms with Crippen LogP contribution in [-0.2, 0) is 24.2 Å². The van der Waals surface area contributed by atoms with Gasteiger partial charge < -0.3 is 9.32 Å². The summed E-state index contributed by atoms with van der Waals surface area (Å²) in [6.45, 7) is 9.45. The second-order valence-corrected chi connectivity index (χ2v) is 9.99. The molecule has 0 N–H and O–H groups in total. The van der Waals surface area contributed by atoms with E-state index in [1.165, 1.54) is 16.5 Å². The first-order chi connectivity index (χ1) is 16.0. The highest BCUT2D eigenvalue weighted by molar-refractivity contribution is 6.30. The summed E-state index contributed by atoms with van der Waals surface area (Å²) in [6, 6.07) is 14.8. The lowest BCUT2D eigenvalue weighted by Gasteiger charge is -2.34. The van der Waals surface area contributed by atoms with Gasteiger partial charge in [0.2, 0.25) is 5.91 Å². The number of anilines is 1. The SMILES string of the molecule is CC(C)N1CCCc2oc3cc(N4CCN(CCc5ccc(Cl)cc5)CC4=O)ccc3c2C1. The van der Waals surface area contributed by atoms with Gasteiger partial charge in [0.25, 0.3) is 0 Å². The van der Waals surface area contributed by atoms with Gasteiger partial charge in [0, 0.05) is 66.4 Å².